The molecule has 2 aliphatic rings. The molecule has 1 N–H and O–H groups in total. The highest BCUT2D eigenvalue weighted by Crippen LogP contribution is 2.40. The van der Waals surface area contributed by atoms with E-state index in [2.05, 4.69) is 27.3 Å². The van der Waals surface area contributed by atoms with E-state index in [-0.39, 0.29) is 24.0 Å². The van der Waals surface area contributed by atoms with Gasteiger partial charge >= 0.3 is 6.18 Å². The molecule has 1 aliphatic carbocycles. The Morgan fingerprint density at radius 2 is 1.81 bits per heavy atom. The van der Waals surface area contributed by atoms with Crippen molar-refractivity contribution in [2.24, 2.45) is 4.99 Å². The van der Waals surface area contributed by atoms with Crippen molar-refractivity contribution in [2.75, 3.05) is 32.7 Å². The molecule has 8 heteroatoms. The smallest absolute Gasteiger partial charge is 0.353 e. The topological polar surface area (TPSA) is 30.9 Å². The van der Waals surface area contributed by atoms with Crippen molar-refractivity contribution in [2.45, 2.75) is 44.4 Å². The number of nitrogens with zero attached hydrogens (tertiary/aromatic N) is 3. The molecule has 0 amide bonds. The Balaban J connectivity index is 0.00000261. The van der Waals surface area contributed by atoms with E-state index in [0.29, 0.717) is 44.7 Å². The second-order valence-electron chi connectivity index (χ2n) is 7.04. The van der Waals surface area contributed by atoms with Gasteiger partial charge in [-0.05, 0) is 25.8 Å². The number of aliphatic imine (C=N–C) groups is 1. The fourth-order valence-corrected chi connectivity index (χ4v) is 3.50. The summed E-state index contributed by atoms with van der Waals surface area (Å²) in [5, 5.41) is 3.52. The molecular formula is C19H28F3IN4. The van der Waals surface area contributed by atoms with Gasteiger partial charge in [0.05, 0.1) is 0 Å². The summed E-state index contributed by atoms with van der Waals surface area (Å²) in [5.74, 6) is 1.32. The predicted molar refractivity (Wildman–Crippen MR) is 113 cm³/mol. The Morgan fingerprint density at radius 3 is 2.37 bits per heavy atom. The Morgan fingerprint density at radius 1 is 1.19 bits per heavy atom. The van der Waals surface area contributed by atoms with Crippen LogP contribution in [0.3, 0.4) is 0 Å². The first-order valence-corrected chi connectivity index (χ1v) is 9.31. The first-order valence-electron chi connectivity index (χ1n) is 9.31. The van der Waals surface area contributed by atoms with Gasteiger partial charge in [0.25, 0.3) is 0 Å². The lowest BCUT2D eigenvalue weighted by Gasteiger charge is -2.39. The summed E-state index contributed by atoms with van der Waals surface area (Å²) in [5.41, 5.74) is 1.32. The van der Waals surface area contributed by atoms with Gasteiger partial charge < -0.3 is 10.2 Å². The maximum Gasteiger partial charge on any atom is 0.403 e. The van der Waals surface area contributed by atoms with Gasteiger partial charge in [-0.25, -0.2) is 0 Å². The summed E-state index contributed by atoms with van der Waals surface area (Å²) in [6.07, 6.45) is -3.10. The maximum atomic E-state index is 12.9. The molecule has 152 valence electrons. The third-order valence-corrected chi connectivity index (χ3v) is 5.28. The van der Waals surface area contributed by atoms with Crippen LogP contribution in [0.5, 0.6) is 0 Å². The van der Waals surface area contributed by atoms with E-state index in [1.54, 1.807) is 0 Å². The molecule has 0 bridgehead atoms. The zero-order valence-electron chi connectivity index (χ0n) is 15.7. The summed E-state index contributed by atoms with van der Waals surface area (Å²) in [6, 6.07) is 9.35. The lowest BCUT2D eigenvalue weighted by Crippen LogP contribution is -2.57. The number of nitrogens with one attached hydrogen (secondary N) is 1. The van der Waals surface area contributed by atoms with Gasteiger partial charge in [-0.15, -0.1) is 24.0 Å². The van der Waals surface area contributed by atoms with E-state index in [4.69, 9.17) is 0 Å². The van der Waals surface area contributed by atoms with Crippen molar-refractivity contribution in [1.29, 1.82) is 0 Å². The van der Waals surface area contributed by atoms with Crippen LogP contribution >= 0.6 is 24.0 Å². The van der Waals surface area contributed by atoms with Crippen molar-refractivity contribution in [3.63, 3.8) is 0 Å². The number of rotatable bonds is 4. The van der Waals surface area contributed by atoms with Crippen molar-refractivity contribution in [1.82, 2.24) is 15.1 Å². The first kappa shape index (κ1) is 22.3. The summed E-state index contributed by atoms with van der Waals surface area (Å²) < 4.78 is 38.7. The van der Waals surface area contributed by atoms with Crippen molar-refractivity contribution in [3.8, 4) is 0 Å². The highest BCUT2D eigenvalue weighted by atomic mass is 127. The molecule has 1 heterocycles. The molecule has 3 atom stereocenters. The van der Waals surface area contributed by atoms with Crippen LogP contribution in [0, 0.1) is 0 Å². The van der Waals surface area contributed by atoms with Crippen LogP contribution in [-0.4, -0.2) is 66.7 Å². The first-order chi connectivity index (χ1) is 12.4. The molecule has 1 saturated carbocycles. The Kier molecular flexibility index (Phi) is 7.79. The largest absolute Gasteiger partial charge is 0.403 e. The van der Waals surface area contributed by atoms with Crippen LogP contribution in [0.2, 0.25) is 0 Å². The second-order valence-corrected chi connectivity index (χ2v) is 7.04. The van der Waals surface area contributed by atoms with Crippen molar-refractivity contribution in [3.05, 3.63) is 35.9 Å². The molecular weight excluding hydrogens is 468 g/mol. The zero-order valence-corrected chi connectivity index (χ0v) is 18.1. The molecule has 0 radical (unpaired) electrons. The Bertz CT molecular complexity index is 615. The molecule has 1 aliphatic heterocycles. The van der Waals surface area contributed by atoms with E-state index < -0.39 is 12.2 Å². The molecule has 27 heavy (non-hydrogen) atoms. The monoisotopic (exact) mass is 496 g/mol. The van der Waals surface area contributed by atoms with E-state index in [1.165, 1.54) is 17.4 Å². The number of guanidine groups is 1. The highest BCUT2D eigenvalue weighted by Gasteiger charge is 2.42. The van der Waals surface area contributed by atoms with Gasteiger partial charge in [-0.1, -0.05) is 30.3 Å². The standard InChI is InChI=1S/C19H27F3N4.HI/c1-3-23-18(24-17-13-16(17)15-7-5-4-6-8-15)26-11-9-25(10-12-26)14(2)19(20,21)22;/h4-8,14,16-17H,3,9-13H2,1-2H3,(H,23,24);1H. The van der Waals surface area contributed by atoms with Crippen molar-refractivity contribution < 1.29 is 13.2 Å². The van der Waals surface area contributed by atoms with Crippen LogP contribution in [0.1, 0.15) is 31.7 Å². The normalized spacial score (nSPS) is 24.9. The molecule has 3 rings (SSSR count). The van der Waals surface area contributed by atoms with Crippen LogP contribution in [0.4, 0.5) is 13.2 Å². The molecule has 1 aromatic rings. The van der Waals surface area contributed by atoms with Crippen LogP contribution < -0.4 is 5.32 Å². The molecule has 1 aromatic carbocycles. The number of alkyl halides is 3. The van der Waals surface area contributed by atoms with E-state index >= 15 is 0 Å². The lowest BCUT2D eigenvalue weighted by molar-refractivity contribution is -0.181. The average molecular weight is 496 g/mol. The van der Waals surface area contributed by atoms with Gasteiger partial charge in [0.2, 0.25) is 0 Å². The van der Waals surface area contributed by atoms with Gasteiger partial charge in [0.15, 0.2) is 5.96 Å². The molecule has 1 saturated heterocycles. The quantitative estimate of drug-likeness (QED) is 0.392. The lowest BCUT2D eigenvalue weighted by atomic mass is 10.1. The molecule has 3 unspecified atom stereocenters. The molecule has 0 spiro atoms. The third-order valence-electron chi connectivity index (χ3n) is 5.28. The van der Waals surface area contributed by atoms with Gasteiger partial charge in [-0.2, -0.15) is 13.2 Å². The van der Waals surface area contributed by atoms with E-state index in [9.17, 15) is 13.2 Å². The van der Waals surface area contributed by atoms with Crippen LogP contribution in [0.25, 0.3) is 0 Å². The summed E-state index contributed by atoms with van der Waals surface area (Å²) in [4.78, 5) is 8.16. The highest BCUT2D eigenvalue weighted by molar-refractivity contribution is 14.0. The van der Waals surface area contributed by atoms with Gasteiger partial charge in [0, 0.05) is 44.7 Å². The predicted octanol–water partition coefficient (Wildman–Crippen LogP) is 3.69. The fraction of sp³-hybridized carbons (Fsp3) is 0.632. The van der Waals surface area contributed by atoms with E-state index in [1.807, 2.05) is 25.1 Å². The number of benzene rings is 1. The Hall–Kier alpha value is -1.03. The Labute approximate surface area is 176 Å². The third kappa shape index (κ3) is 5.73. The summed E-state index contributed by atoms with van der Waals surface area (Å²) in [7, 11) is 0. The summed E-state index contributed by atoms with van der Waals surface area (Å²) in [6.45, 7) is 5.80. The van der Waals surface area contributed by atoms with E-state index in [0.717, 1.165) is 12.4 Å². The second kappa shape index (κ2) is 9.45. The minimum Gasteiger partial charge on any atom is -0.353 e. The van der Waals surface area contributed by atoms with Crippen LogP contribution in [0.15, 0.2) is 35.3 Å². The SMILES string of the molecule is CCN=C(NC1CC1c1ccccc1)N1CCN(C(C)C(F)(F)F)CC1.I. The molecule has 0 aromatic heterocycles. The number of hydrogen-bond donors (Lipinski definition) is 1. The summed E-state index contributed by atoms with van der Waals surface area (Å²) >= 11 is 0. The average Bonchev–Trinajstić information content (AvgIpc) is 3.40. The molecule has 4 nitrogen and oxygen atoms in total. The zero-order chi connectivity index (χ0) is 18.7. The minimum absolute atomic E-state index is 0. The fourth-order valence-electron chi connectivity index (χ4n) is 3.50. The van der Waals surface area contributed by atoms with Crippen molar-refractivity contribution >= 4 is 29.9 Å². The maximum absolute atomic E-state index is 12.9. The number of hydrogen-bond acceptors (Lipinski definition) is 2. The van der Waals surface area contributed by atoms with Gasteiger partial charge in [0.1, 0.15) is 6.04 Å². The van der Waals surface area contributed by atoms with Crippen LogP contribution in [-0.2, 0) is 0 Å². The van der Waals surface area contributed by atoms with Gasteiger partial charge in [-0.3, -0.25) is 9.89 Å². The minimum atomic E-state index is -4.17. The molecule has 2 fully saturated rings. The number of piperazine rings is 1. The number of halogens is 4.